The fourth-order valence-corrected chi connectivity index (χ4v) is 3.43. The van der Waals surface area contributed by atoms with E-state index in [0.29, 0.717) is 5.92 Å². The monoisotopic (exact) mass is 293 g/mol. The van der Waals surface area contributed by atoms with Crippen LogP contribution in [0.5, 0.6) is 0 Å². The number of likely N-dealkylation sites (N-methyl/N-ethyl adjacent to an activating group) is 1. The summed E-state index contributed by atoms with van der Waals surface area (Å²) in [4.78, 5) is 4.60. The van der Waals surface area contributed by atoms with E-state index in [1.807, 2.05) is 12.1 Å². The first-order valence-corrected chi connectivity index (χ1v) is 7.91. The van der Waals surface area contributed by atoms with E-state index in [2.05, 4.69) is 30.8 Å². The summed E-state index contributed by atoms with van der Waals surface area (Å²) in [5, 5.41) is 0. The van der Waals surface area contributed by atoms with E-state index in [4.69, 9.17) is 5.73 Å². The molecule has 3 nitrogen and oxygen atoms in total. The molecule has 1 aromatic rings. The summed E-state index contributed by atoms with van der Waals surface area (Å²) in [6.45, 7) is 5.31. The number of likely N-dealkylation sites (tertiary alicyclic amines) is 1. The van der Waals surface area contributed by atoms with Gasteiger partial charge in [0.15, 0.2) is 0 Å². The summed E-state index contributed by atoms with van der Waals surface area (Å²) in [6.07, 6.45) is 2.06. The van der Waals surface area contributed by atoms with E-state index >= 15 is 0 Å². The zero-order valence-electron chi connectivity index (χ0n) is 13.4. The number of rotatable bonds is 6. The van der Waals surface area contributed by atoms with Gasteiger partial charge in [0, 0.05) is 24.7 Å². The number of benzene rings is 1. The molecule has 3 unspecified atom stereocenters. The average molecular weight is 293 g/mol. The van der Waals surface area contributed by atoms with E-state index in [-0.39, 0.29) is 17.9 Å². The standard InChI is InChI=1S/C17H28FN3/c1-4-16(19)17(14-7-5-6-8-15(14)18)21(3)12-13-9-10-20(2)11-13/h5-8,13,16-17H,4,9-12,19H2,1-3H3. The molecule has 0 aliphatic carbocycles. The van der Waals surface area contributed by atoms with Crippen molar-refractivity contribution in [3.63, 3.8) is 0 Å². The molecule has 21 heavy (non-hydrogen) atoms. The largest absolute Gasteiger partial charge is 0.326 e. The third kappa shape index (κ3) is 4.02. The summed E-state index contributed by atoms with van der Waals surface area (Å²) < 4.78 is 14.2. The van der Waals surface area contributed by atoms with Crippen molar-refractivity contribution in [2.45, 2.75) is 31.8 Å². The molecule has 0 aromatic heterocycles. The normalized spacial score (nSPS) is 22.7. The van der Waals surface area contributed by atoms with Gasteiger partial charge in [-0.3, -0.25) is 4.90 Å². The lowest BCUT2D eigenvalue weighted by atomic mass is 9.95. The van der Waals surface area contributed by atoms with Gasteiger partial charge in [0.2, 0.25) is 0 Å². The molecular formula is C17H28FN3. The van der Waals surface area contributed by atoms with E-state index < -0.39 is 0 Å². The van der Waals surface area contributed by atoms with Gasteiger partial charge in [0.05, 0.1) is 6.04 Å². The molecule has 0 amide bonds. The third-order valence-corrected chi connectivity index (χ3v) is 4.61. The Balaban J connectivity index is 2.14. The topological polar surface area (TPSA) is 32.5 Å². The van der Waals surface area contributed by atoms with Crippen LogP contribution in [0.3, 0.4) is 0 Å². The highest BCUT2D eigenvalue weighted by Gasteiger charge is 2.29. The van der Waals surface area contributed by atoms with Crippen LogP contribution in [0.4, 0.5) is 4.39 Å². The third-order valence-electron chi connectivity index (χ3n) is 4.61. The van der Waals surface area contributed by atoms with Crippen LogP contribution in [0.15, 0.2) is 24.3 Å². The number of hydrogen-bond donors (Lipinski definition) is 1. The Morgan fingerprint density at radius 1 is 1.43 bits per heavy atom. The Morgan fingerprint density at radius 2 is 2.14 bits per heavy atom. The number of halogens is 1. The molecule has 4 heteroatoms. The molecule has 2 N–H and O–H groups in total. The zero-order valence-corrected chi connectivity index (χ0v) is 13.4. The minimum absolute atomic E-state index is 0.0500. The lowest BCUT2D eigenvalue weighted by Gasteiger charge is -2.34. The van der Waals surface area contributed by atoms with Crippen LogP contribution in [0.1, 0.15) is 31.4 Å². The Labute approximate surface area is 127 Å². The van der Waals surface area contributed by atoms with Gasteiger partial charge < -0.3 is 10.6 Å². The molecule has 0 saturated carbocycles. The van der Waals surface area contributed by atoms with E-state index in [9.17, 15) is 4.39 Å². The molecule has 1 aliphatic heterocycles. The van der Waals surface area contributed by atoms with Crippen LogP contribution >= 0.6 is 0 Å². The fraction of sp³-hybridized carbons (Fsp3) is 0.647. The van der Waals surface area contributed by atoms with Gasteiger partial charge in [0.1, 0.15) is 5.82 Å². The van der Waals surface area contributed by atoms with E-state index in [1.165, 1.54) is 12.5 Å². The SMILES string of the molecule is CCC(N)C(c1ccccc1F)N(C)CC1CCN(C)C1. The molecule has 1 aliphatic rings. The molecule has 0 bridgehead atoms. The molecule has 1 aromatic carbocycles. The fourth-order valence-electron chi connectivity index (χ4n) is 3.43. The highest BCUT2D eigenvalue weighted by atomic mass is 19.1. The molecule has 1 heterocycles. The highest BCUT2D eigenvalue weighted by Crippen LogP contribution is 2.28. The zero-order chi connectivity index (χ0) is 15.4. The number of hydrogen-bond acceptors (Lipinski definition) is 3. The van der Waals surface area contributed by atoms with Crippen molar-refractivity contribution in [1.82, 2.24) is 9.80 Å². The molecule has 0 spiro atoms. The van der Waals surface area contributed by atoms with Crippen molar-refractivity contribution in [2.24, 2.45) is 11.7 Å². The molecule has 1 fully saturated rings. The van der Waals surface area contributed by atoms with Crippen LogP contribution < -0.4 is 5.73 Å². The lowest BCUT2D eigenvalue weighted by molar-refractivity contribution is 0.177. The molecule has 1 saturated heterocycles. The van der Waals surface area contributed by atoms with Crippen LogP contribution in [0.2, 0.25) is 0 Å². The van der Waals surface area contributed by atoms with Gasteiger partial charge in [-0.2, -0.15) is 0 Å². The smallest absolute Gasteiger partial charge is 0.128 e. The Kier molecular flexibility index (Phi) is 5.73. The van der Waals surface area contributed by atoms with Gasteiger partial charge in [-0.15, -0.1) is 0 Å². The first-order valence-electron chi connectivity index (χ1n) is 7.91. The van der Waals surface area contributed by atoms with Gasteiger partial charge in [-0.25, -0.2) is 4.39 Å². The van der Waals surface area contributed by atoms with Crippen molar-refractivity contribution in [2.75, 3.05) is 33.7 Å². The van der Waals surface area contributed by atoms with Crippen LogP contribution in [-0.2, 0) is 0 Å². The first kappa shape index (κ1) is 16.4. The molecule has 118 valence electrons. The predicted molar refractivity (Wildman–Crippen MR) is 85.6 cm³/mol. The van der Waals surface area contributed by atoms with Crippen molar-refractivity contribution < 1.29 is 4.39 Å². The summed E-state index contributed by atoms with van der Waals surface area (Å²) in [5.41, 5.74) is 7.02. The Bertz CT molecular complexity index is 451. The maximum atomic E-state index is 14.2. The summed E-state index contributed by atoms with van der Waals surface area (Å²) in [5.74, 6) is 0.500. The minimum atomic E-state index is -0.151. The Hall–Kier alpha value is -0.970. The number of nitrogens with two attached hydrogens (primary N) is 1. The van der Waals surface area contributed by atoms with Crippen molar-refractivity contribution in [3.8, 4) is 0 Å². The van der Waals surface area contributed by atoms with Gasteiger partial charge in [-0.1, -0.05) is 25.1 Å². The second kappa shape index (κ2) is 7.34. The van der Waals surface area contributed by atoms with Crippen molar-refractivity contribution >= 4 is 0 Å². The lowest BCUT2D eigenvalue weighted by Crippen LogP contribution is -2.41. The predicted octanol–water partition coefficient (Wildman–Crippen LogP) is 2.49. The van der Waals surface area contributed by atoms with Crippen LogP contribution in [0.25, 0.3) is 0 Å². The average Bonchev–Trinajstić information content (AvgIpc) is 2.86. The highest BCUT2D eigenvalue weighted by molar-refractivity contribution is 5.23. The van der Waals surface area contributed by atoms with E-state index in [1.54, 1.807) is 6.07 Å². The maximum Gasteiger partial charge on any atom is 0.128 e. The van der Waals surface area contributed by atoms with Crippen molar-refractivity contribution in [3.05, 3.63) is 35.6 Å². The second-order valence-corrected chi connectivity index (χ2v) is 6.39. The first-order chi connectivity index (χ1) is 10.0. The quantitative estimate of drug-likeness (QED) is 0.874. The summed E-state index contributed by atoms with van der Waals surface area (Å²) in [7, 11) is 4.23. The van der Waals surface area contributed by atoms with Crippen LogP contribution in [0, 0.1) is 11.7 Å². The summed E-state index contributed by atoms with van der Waals surface area (Å²) in [6, 6.07) is 6.92. The molecule has 2 rings (SSSR count). The Morgan fingerprint density at radius 3 is 2.71 bits per heavy atom. The minimum Gasteiger partial charge on any atom is -0.326 e. The van der Waals surface area contributed by atoms with Gasteiger partial charge >= 0.3 is 0 Å². The van der Waals surface area contributed by atoms with Crippen molar-refractivity contribution in [1.29, 1.82) is 0 Å². The van der Waals surface area contributed by atoms with Gasteiger partial charge in [0.25, 0.3) is 0 Å². The number of nitrogens with zero attached hydrogens (tertiary/aromatic N) is 2. The second-order valence-electron chi connectivity index (χ2n) is 6.39. The maximum absolute atomic E-state index is 14.2. The molecular weight excluding hydrogens is 265 g/mol. The molecule has 0 radical (unpaired) electrons. The van der Waals surface area contributed by atoms with Gasteiger partial charge in [-0.05, 0) is 45.5 Å². The summed E-state index contributed by atoms with van der Waals surface area (Å²) >= 11 is 0. The van der Waals surface area contributed by atoms with E-state index in [0.717, 1.165) is 31.6 Å². The molecule has 3 atom stereocenters. The van der Waals surface area contributed by atoms with Crippen LogP contribution in [-0.4, -0.2) is 49.6 Å².